The third-order valence-electron chi connectivity index (χ3n) is 5.86. The number of benzene rings is 1. The van der Waals surface area contributed by atoms with Crippen molar-refractivity contribution in [3.63, 3.8) is 0 Å². The number of phenols is 1. The summed E-state index contributed by atoms with van der Waals surface area (Å²) < 4.78 is 0. The van der Waals surface area contributed by atoms with E-state index in [1.54, 1.807) is 12.1 Å². The molecule has 3 amide bonds. The van der Waals surface area contributed by atoms with Crippen LogP contribution in [0.4, 0.5) is 0 Å². The predicted octanol–water partition coefficient (Wildman–Crippen LogP) is -1.62. The number of nitrogens with two attached hydrogens (primary N) is 3. The fourth-order valence-corrected chi connectivity index (χ4v) is 3.94. The van der Waals surface area contributed by atoms with Crippen molar-refractivity contribution in [3.8, 4) is 5.75 Å². The molecule has 1 aromatic carbocycles. The molecule has 0 saturated carbocycles. The van der Waals surface area contributed by atoms with Crippen LogP contribution in [-0.4, -0.2) is 82.0 Å². The van der Waals surface area contributed by atoms with Crippen molar-refractivity contribution in [1.82, 2.24) is 15.5 Å². The van der Waals surface area contributed by atoms with Crippen molar-refractivity contribution >= 4 is 29.7 Å². The number of amides is 3. The van der Waals surface area contributed by atoms with E-state index in [2.05, 4.69) is 15.6 Å². The Labute approximate surface area is 209 Å². The zero-order valence-corrected chi connectivity index (χ0v) is 20.2. The topological polar surface area (TPSA) is 226 Å². The average Bonchev–Trinajstić information content (AvgIpc) is 3.31. The maximum absolute atomic E-state index is 13.0. The van der Waals surface area contributed by atoms with Gasteiger partial charge < -0.3 is 42.9 Å². The monoisotopic (exact) mass is 505 g/mol. The normalized spacial score (nSPS) is 17.5. The smallest absolute Gasteiger partial charge is 0.326 e. The van der Waals surface area contributed by atoms with Gasteiger partial charge in [0.15, 0.2) is 5.96 Å². The summed E-state index contributed by atoms with van der Waals surface area (Å²) in [6, 6.07) is 2.31. The molecule has 4 atom stereocenters. The summed E-state index contributed by atoms with van der Waals surface area (Å²) in [7, 11) is 0. The first-order chi connectivity index (χ1) is 17.0. The first-order valence-electron chi connectivity index (χ1n) is 11.7. The van der Waals surface area contributed by atoms with Gasteiger partial charge in [0.05, 0.1) is 6.04 Å². The van der Waals surface area contributed by atoms with Gasteiger partial charge in [0.2, 0.25) is 17.7 Å². The molecule has 0 radical (unpaired) electrons. The molecule has 4 unspecified atom stereocenters. The van der Waals surface area contributed by atoms with E-state index in [1.807, 2.05) is 0 Å². The Kier molecular flexibility index (Phi) is 10.5. The average molecular weight is 506 g/mol. The summed E-state index contributed by atoms with van der Waals surface area (Å²) in [4.78, 5) is 55.1. The number of aliphatic carboxylic acids is 1. The van der Waals surface area contributed by atoms with Crippen LogP contribution in [0.25, 0.3) is 0 Å². The number of carboxylic acid groups (broad SMARTS) is 1. The Balaban J connectivity index is 2.04. The maximum Gasteiger partial charge on any atom is 0.326 e. The Hall–Kier alpha value is -3.87. The van der Waals surface area contributed by atoms with E-state index in [9.17, 15) is 29.4 Å². The van der Waals surface area contributed by atoms with E-state index in [0.29, 0.717) is 25.8 Å². The van der Waals surface area contributed by atoms with Crippen LogP contribution in [-0.2, 0) is 25.6 Å². The van der Waals surface area contributed by atoms with Crippen molar-refractivity contribution in [2.75, 3.05) is 13.1 Å². The van der Waals surface area contributed by atoms with Crippen LogP contribution >= 0.6 is 0 Å². The van der Waals surface area contributed by atoms with Crippen molar-refractivity contribution in [1.29, 1.82) is 0 Å². The highest BCUT2D eigenvalue weighted by molar-refractivity contribution is 5.94. The summed E-state index contributed by atoms with van der Waals surface area (Å²) in [5, 5.41) is 23.9. The van der Waals surface area contributed by atoms with Gasteiger partial charge in [0.25, 0.3) is 0 Å². The quantitative estimate of drug-likeness (QED) is 0.0982. The van der Waals surface area contributed by atoms with Crippen LogP contribution in [0.5, 0.6) is 5.75 Å². The van der Waals surface area contributed by atoms with Crippen molar-refractivity contribution in [2.45, 2.75) is 63.2 Å². The van der Waals surface area contributed by atoms with Crippen LogP contribution in [0.15, 0.2) is 29.3 Å². The molecular weight excluding hydrogens is 470 g/mol. The second-order valence-electron chi connectivity index (χ2n) is 8.75. The van der Waals surface area contributed by atoms with Gasteiger partial charge in [-0.2, -0.15) is 0 Å². The highest BCUT2D eigenvalue weighted by Crippen LogP contribution is 2.18. The molecule has 198 valence electrons. The van der Waals surface area contributed by atoms with Crippen molar-refractivity contribution in [2.24, 2.45) is 22.2 Å². The van der Waals surface area contributed by atoms with E-state index < -0.39 is 47.9 Å². The lowest BCUT2D eigenvalue weighted by atomic mass is 10.0. The number of guanidine groups is 1. The number of carboxylic acids is 1. The van der Waals surface area contributed by atoms with E-state index >= 15 is 0 Å². The van der Waals surface area contributed by atoms with Crippen LogP contribution in [0.2, 0.25) is 0 Å². The Morgan fingerprint density at radius 3 is 2.42 bits per heavy atom. The van der Waals surface area contributed by atoms with Crippen LogP contribution < -0.4 is 27.8 Å². The molecule has 13 heteroatoms. The fourth-order valence-electron chi connectivity index (χ4n) is 3.94. The molecule has 0 aliphatic carbocycles. The van der Waals surface area contributed by atoms with E-state index in [0.717, 1.165) is 5.56 Å². The molecule has 10 N–H and O–H groups in total. The number of hydrogen-bond acceptors (Lipinski definition) is 7. The number of nitrogens with zero attached hydrogens (tertiary/aromatic N) is 2. The zero-order valence-electron chi connectivity index (χ0n) is 20.2. The Morgan fingerprint density at radius 1 is 1.14 bits per heavy atom. The maximum atomic E-state index is 13.0. The second kappa shape index (κ2) is 13.3. The van der Waals surface area contributed by atoms with Crippen LogP contribution in [0.1, 0.15) is 38.2 Å². The molecule has 1 saturated heterocycles. The van der Waals surface area contributed by atoms with Gasteiger partial charge in [-0.25, -0.2) is 4.79 Å². The Bertz CT molecular complexity index is 964. The molecule has 1 aromatic rings. The molecule has 13 nitrogen and oxygen atoms in total. The third-order valence-corrected chi connectivity index (χ3v) is 5.86. The largest absolute Gasteiger partial charge is 0.508 e. The zero-order chi connectivity index (χ0) is 26.8. The summed E-state index contributed by atoms with van der Waals surface area (Å²) in [6.07, 6.45) is 1.62. The van der Waals surface area contributed by atoms with E-state index in [-0.39, 0.29) is 31.1 Å². The highest BCUT2D eigenvalue weighted by Gasteiger charge is 2.37. The molecule has 1 aliphatic heterocycles. The van der Waals surface area contributed by atoms with E-state index in [4.69, 9.17) is 17.2 Å². The minimum absolute atomic E-state index is 0.0848. The van der Waals surface area contributed by atoms with Crippen molar-refractivity contribution in [3.05, 3.63) is 29.8 Å². The first kappa shape index (κ1) is 28.4. The molecule has 0 aromatic heterocycles. The van der Waals surface area contributed by atoms with Gasteiger partial charge in [-0.3, -0.25) is 19.4 Å². The summed E-state index contributed by atoms with van der Waals surface area (Å²) in [6.45, 7) is 1.98. The number of likely N-dealkylation sites (tertiary alicyclic amines) is 1. The van der Waals surface area contributed by atoms with Gasteiger partial charge in [-0.05, 0) is 56.7 Å². The van der Waals surface area contributed by atoms with Gasteiger partial charge in [-0.15, -0.1) is 0 Å². The van der Waals surface area contributed by atoms with Gasteiger partial charge in [0.1, 0.15) is 23.9 Å². The molecule has 1 heterocycles. The molecule has 0 bridgehead atoms. The molecule has 1 aliphatic rings. The lowest BCUT2D eigenvalue weighted by molar-refractivity contribution is -0.149. The SMILES string of the molecule is CC(NC(=O)C(CCCN=C(N)N)NC(=O)C(N)Cc1ccc(O)cc1)C(=O)N1CCCC1C(=O)O. The number of carbonyl (C=O) groups is 4. The van der Waals surface area contributed by atoms with Crippen LogP contribution in [0.3, 0.4) is 0 Å². The lowest BCUT2D eigenvalue weighted by Gasteiger charge is -2.27. The molecule has 36 heavy (non-hydrogen) atoms. The highest BCUT2D eigenvalue weighted by atomic mass is 16.4. The second-order valence-corrected chi connectivity index (χ2v) is 8.75. The number of hydrogen-bond donors (Lipinski definition) is 7. The third kappa shape index (κ3) is 8.41. The number of rotatable bonds is 12. The fraction of sp³-hybridized carbons (Fsp3) is 0.522. The predicted molar refractivity (Wildman–Crippen MR) is 132 cm³/mol. The number of phenolic OH excluding ortho intramolecular Hbond substituents is 1. The first-order valence-corrected chi connectivity index (χ1v) is 11.7. The minimum Gasteiger partial charge on any atom is -0.508 e. The number of carbonyl (C=O) groups excluding carboxylic acids is 3. The number of aliphatic imine (C=N–C) groups is 1. The Morgan fingerprint density at radius 2 is 1.81 bits per heavy atom. The summed E-state index contributed by atoms with van der Waals surface area (Å²) in [5.74, 6) is -2.81. The van der Waals surface area contributed by atoms with Crippen molar-refractivity contribution < 1.29 is 29.4 Å². The molecule has 1 fully saturated rings. The number of nitrogens with one attached hydrogen (secondary N) is 2. The van der Waals surface area contributed by atoms with Gasteiger partial charge in [0, 0.05) is 13.1 Å². The molecule has 0 spiro atoms. The van der Waals surface area contributed by atoms with Gasteiger partial charge in [-0.1, -0.05) is 12.1 Å². The van der Waals surface area contributed by atoms with Gasteiger partial charge >= 0.3 is 5.97 Å². The van der Waals surface area contributed by atoms with E-state index in [1.165, 1.54) is 24.0 Å². The standard InChI is InChI=1S/C23H35N7O6/c1-13(21(34)30-11-3-5-18(30)22(35)36)28-20(33)17(4-2-10-27-23(25)26)29-19(32)16(24)12-14-6-8-15(31)9-7-14/h6-9,13,16-18,31H,2-5,10-12,24H2,1H3,(H,28,33)(H,29,32)(H,35,36)(H4,25,26,27). The minimum atomic E-state index is -1.09. The summed E-state index contributed by atoms with van der Waals surface area (Å²) >= 11 is 0. The summed E-state index contributed by atoms with van der Waals surface area (Å²) in [5.41, 5.74) is 17.4. The molecular formula is C23H35N7O6. The van der Waals surface area contributed by atoms with Crippen LogP contribution in [0, 0.1) is 0 Å². The molecule has 2 rings (SSSR count). The lowest BCUT2D eigenvalue weighted by Crippen LogP contribution is -2.56. The number of aromatic hydroxyl groups is 1.